The number of thioether (sulfide) groups is 1. The minimum atomic E-state index is -4.37. The van der Waals surface area contributed by atoms with Crippen molar-refractivity contribution in [2.24, 2.45) is 0 Å². The molecule has 1 N–H and O–H groups in total. The van der Waals surface area contributed by atoms with E-state index in [0.717, 1.165) is 11.8 Å². The molecule has 0 aliphatic rings. The monoisotopic (exact) mass is 397 g/mol. The fraction of sp³-hybridized carbons (Fsp3) is 0.176. The van der Waals surface area contributed by atoms with Crippen molar-refractivity contribution >= 4 is 33.9 Å². The van der Waals surface area contributed by atoms with E-state index < -0.39 is 11.7 Å². The summed E-state index contributed by atoms with van der Waals surface area (Å²) in [6, 6.07) is 12.9. The van der Waals surface area contributed by atoms with Gasteiger partial charge in [0.05, 0.1) is 18.4 Å². The molecule has 0 radical (unpaired) electrons. The molecule has 0 aliphatic heterocycles. The molecule has 4 nitrogen and oxygen atoms in total. The molecule has 0 fully saturated rings. The van der Waals surface area contributed by atoms with Crippen molar-refractivity contribution in [3.63, 3.8) is 0 Å². The maximum Gasteiger partial charge on any atom is 0.416 e. The number of benzene rings is 2. The van der Waals surface area contributed by atoms with Gasteiger partial charge < -0.3 is 10.1 Å². The van der Waals surface area contributed by atoms with E-state index in [1.807, 2.05) is 24.3 Å². The van der Waals surface area contributed by atoms with Crippen LogP contribution in [0.4, 0.5) is 24.0 Å². The molecule has 0 saturated carbocycles. The molecular formula is C17H14F3N3OS2. The quantitative estimate of drug-likeness (QED) is 0.549. The Morgan fingerprint density at radius 3 is 2.58 bits per heavy atom. The standard InChI is InChI=1S/C17H14F3N3OS2/c1-24-14-9-5-4-8-13(14)21-15-22-23-16(26-15)25-10-11-6-2-3-7-12(11)17(18,19)20/h2-9H,10H2,1H3,(H,21,22). The zero-order chi connectivity index (χ0) is 18.6. The topological polar surface area (TPSA) is 47.0 Å². The lowest BCUT2D eigenvalue weighted by Gasteiger charge is -2.11. The number of ether oxygens (including phenoxy) is 1. The number of hydrogen-bond acceptors (Lipinski definition) is 6. The van der Waals surface area contributed by atoms with E-state index >= 15 is 0 Å². The van der Waals surface area contributed by atoms with E-state index in [0.29, 0.717) is 15.2 Å². The third-order valence-corrected chi connectivity index (χ3v) is 5.45. The molecule has 0 unspecified atom stereocenters. The van der Waals surface area contributed by atoms with Crippen molar-refractivity contribution in [1.29, 1.82) is 0 Å². The zero-order valence-electron chi connectivity index (χ0n) is 13.6. The number of anilines is 2. The van der Waals surface area contributed by atoms with Gasteiger partial charge in [-0.05, 0) is 23.8 Å². The Hall–Kier alpha value is -2.26. The van der Waals surface area contributed by atoms with Crippen molar-refractivity contribution in [2.45, 2.75) is 16.3 Å². The molecule has 0 spiro atoms. The fourth-order valence-electron chi connectivity index (χ4n) is 2.24. The lowest BCUT2D eigenvalue weighted by atomic mass is 10.1. The van der Waals surface area contributed by atoms with Gasteiger partial charge in [0.15, 0.2) is 4.34 Å². The summed E-state index contributed by atoms with van der Waals surface area (Å²) in [6.45, 7) is 0. The number of aromatic nitrogens is 2. The second-order valence-corrected chi connectivity index (χ2v) is 7.34. The average Bonchev–Trinajstić information content (AvgIpc) is 3.07. The second-order valence-electron chi connectivity index (χ2n) is 5.14. The summed E-state index contributed by atoms with van der Waals surface area (Å²) in [5, 5.41) is 11.7. The normalized spacial score (nSPS) is 11.4. The number of hydrogen-bond donors (Lipinski definition) is 1. The van der Waals surface area contributed by atoms with Crippen molar-refractivity contribution in [2.75, 3.05) is 12.4 Å². The van der Waals surface area contributed by atoms with Gasteiger partial charge in [-0.2, -0.15) is 13.2 Å². The molecule has 9 heteroatoms. The van der Waals surface area contributed by atoms with Gasteiger partial charge in [-0.3, -0.25) is 0 Å². The van der Waals surface area contributed by atoms with Crippen LogP contribution in [0.1, 0.15) is 11.1 Å². The lowest BCUT2D eigenvalue weighted by molar-refractivity contribution is -0.138. The Morgan fingerprint density at radius 2 is 1.81 bits per heavy atom. The molecule has 136 valence electrons. The molecule has 2 aromatic carbocycles. The number of nitrogens with one attached hydrogen (secondary N) is 1. The number of nitrogens with zero attached hydrogens (tertiary/aromatic N) is 2. The second kappa shape index (κ2) is 7.96. The third-order valence-electron chi connectivity index (χ3n) is 3.43. The highest BCUT2D eigenvalue weighted by Crippen LogP contribution is 2.36. The van der Waals surface area contributed by atoms with Gasteiger partial charge in [-0.25, -0.2) is 0 Å². The first-order valence-corrected chi connectivity index (χ1v) is 9.29. The maximum atomic E-state index is 13.0. The molecule has 3 rings (SSSR count). The first-order valence-electron chi connectivity index (χ1n) is 7.49. The Morgan fingerprint density at radius 1 is 1.08 bits per heavy atom. The Balaban J connectivity index is 1.68. The van der Waals surface area contributed by atoms with Gasteiger partial charge in [-0.15, -0.1) is 10.2 Å². The van der Waals surface area contributed by atoms with E-state index in [1.54, 1.807) is 13.2 Å². The predicted octanol–water partition coefficient (Wildman–Crippen LogP) is 5.60. The van der Waals surface area contributed by atoms with E-state index in [9.17, 15) is 13.2 Å². The first-order chi connectivity index (χ1) is 12.5. The van der Waals surface area contributed by atoms with Gasteiger partial charge >= 0.3 is 6.18 Å². The van der Waals surface area contributed by atoms with Gasteiger partial charge in [-0.1, -0.05) is 53.4 Å². The summed E-state index contributed by atoms with van der Waals surface area (Å²) in [4.78, 5) is 0. The van der Waals surface area contributed by atoms with Crippen LogP contribution in [-0.4, -0.2) is 17.3 Å². The first kappa shape index (κ1) is 18.5. The number of rotatable bonds is 6. The van der Waals surface area contributed by atoms with E-state index in [4.69, 9.17) is 4.74 Å². The minimum Gasteiger partial charge on any atom is -0.495 e. The molecule has 26 heavy (non-hydrogen) atoms. The average molecular weight is 397 g/mol. The predicted molar refractivity (Wildman–Crippen MR) is 97.2 cm³/mol. The largest absolute Gasteiger partial charge is 0.495 e. The number of methoxy groups -OCH3 is 1. The van der Waals surface area contributed by atoms with Crippen LogP contribution in [0.2, 0.25) is 0 Å². The van der Waals surface area contributed by atoms with E-state index in [1.165, 1.54) is 35.2 Å². The molecule has 0 aliphatic carbocycles. The molecule has 3 aromatic rings. The Labute approximate surface area is 156 Å². The lowest BCUT2D eigenvalue weighted by Crippen LogP contribution is -2.08. The van der Waals surface area contributed by atoms with Crippen LogP contribution in [0.15, 0.2) is 52.9 Å². The van der Waals surface area contributed by atoms with Crippen LogP contribution in [0, 0.1) is 0 Å². The van der Waals surface area contributed by atoms with Crippen LogP contribution in [-0.2, 0) is 11.9 Å². The summed E-state index contributed by atoms with van der Waals surface area (Å²) in [5.74, 6) is 0.829. The molecular weight excluding hydrogens is 383 g/mol. The van der Waals surface area contributed by atoms with Crippen LogP contribution in [0.25, 0.3) is 0 Å². The molecule has 0 amide bonds. The smallest absolute Gasteiger partial charge is 0.416 e. The number of alkyl halides is 3. The Bertz CT molecular complexity index is 883. The molecule has 0 bridgehead atoms. The summed E-state index contributed by atoms with van der Waals surface area (Å²) in [7, 11) is 1.57. The van der Waals surface area contributed by atoms with Gasteiger partial charge in [0.25, 0.3) is 0 Å². The van der Waals surface area contributed by atoms with Gasteiger partial charge in [0, 0.05) is 5.75 Å². The Kier molecular flexibility index (Phi) is 5.67. The van der Waals surface area contributed by atoms with Gasteiger partial charge in [0.1, 0.15) is 5.75 Å². The number of halogens is 3. The summed E-state index contributed by atoms with van der Waals surface area (Å²) >= 11 is 2.49. The molecule has 0 saturated heterocycles. The molecule has 1 aromatic heterocycles. The van der Waals surface area contributed by atoms with Crippen LogP contribution < -0.4 is 10.1 Å². The third kappa shape index (κ3) is 4.47. The highest BCUT2D eigenvalue weighted by molar-refractivity contribution is 8.00. The summed E-state index contributed by atoms with van der Waals surface area (Å²) < 4.78 is 44.9. The van der Waals surface area contributed by atoms with Crippen LogP contribution in [0.5, 0.6) is 5.75 Å². The maximum absolute atomic E-state index is 13.0. The zero-order valence-corrected chi connectivity index (χ0v) is 15.2. The molecule has 0 atom stereocenters. The van der Waals surface area contributed by atoms with E-state index in [-0.39, 0.29) is 11.3 Å². The van der Waals surface area contributed by atoms with Crippen molar-refractivity contribution in [3.05, 3.63) is 59.7 Å². The summed E-state index contributed by atoms with van der Waals surface area (Å²) in [6.07, 6.45) is -4.37. The number of para-hydroxylation sites is 2. The molecule has 1 heterocycles. The van der Waals surface area contributed by atoms with E-state index in [2.05, 4.69) is 15.5 Å². The SMILES string of the molecule is COc1ccccc1Nc1nnc(SCc2ccccc2C(F)(F)F)s1. The highest BCUT2D eigenvalue weighted by Gasteiger charge is 2.32. The van der Waals surface area contributed by atoms with Crippen molar-refractivity contribution < 1.29 is 17.9 Å². The van der Waals surface area contributed by atoms with Crippen LogP contribution >= 0.6 is 23.1 Å². The van der Waals surface area contributed by atoms with Crippen LogP contribution in [0.3, 0.4) is 0 Å². The van der Waals surface area contributed by atoms with Crippen molar-refractivity contribution in [3.8, 4) is 5.75 Å². The fourth-order valence-corrected chi connectivity index (χ4v) is 4.01. The van der Waals surface area contributed by atoms with Crippen molar-refractivity contribution in [1.82, 2.24) is 10.2 Å². The highest BCUT2D eigenvalue weighted by atomic mass is 32.2. The minimum absolute atomic E-state index is 0.166. The van der Waals surface area contributed by atoms with Gasteiger partial charge in [0.2, 0.25) is 5.13 Å². The summed E-state index contributed by atoms with van der Waals surface area (Å²) in [5.41, 5.74) is 0.342.